The van der Waals surface area contributed by atoms with E-state index in [1.807, 2.05) is 0 Å². The number of amides is 1. The van der Waals surface area contributed by atoms with Gasteiger partial charge in [0.05, 0.1) is 0 Å². The van der Waals surface area contributed by atoms with E-state index in [2.05, 4.69) is 17.6 Å². The minimum absolute atomic E-state index is 0.125. The Balaban J connectivity index is 2.24. The van der Waals surface area contributed by atoms with Crippen LogP contribution in [0.4, 0.5) is 0 Å². The van der Waals surface area contributed by atoms with Gasteiger partial charge < -0.3 is 10.6 Å². The monoisotopic (exact) mass is 274 g/mol. The van der Waals surface area contributed by atoms with Gasteiger partial charge in [-0.15, -0.1) is 0 Å². The van der Waals surface area contributed by atoms with E-state index in [0.717, 1.165) is 19.4 Å². The summed E-state index contributed by atoms with van der Waals surface area (Å²) in [6.07, 6.45) is 5.89. The summed E-state index contributed by atoms with van der Waals surface area (Å²) in [4.78, 5) is 11.1. The number of carbonyl (C=O) groups excluding carboxylic acids is 1. The summed E-state index contributed by atoms with van der Waals surface area (Å²) in [5.41, 5.74) is 0. The fraction of sp³-hybridized carbons (Fsp3) is 0.923. The largest absolute Gasteiger partial charge is 0.358 e. The van der Waals surface area contributed by atoms with Crippen LogP contribution >= 0.6 is 0 Å². The minimum Gasteiger partial charge on any atom is -0.358 e. The summed E-state index contributed by atoms with van der Waals surface area (Å²) in [7, 11) is 0.578. The van der Waals surface area contributed by atoms with E-state index >= 15 is 0 Å². The van der Waals surface area contributed by atoms with Crippen LogP contribution in [0.25, 0.3) is 0 Å². The summed E-state index contributed by atoms with van der Waals surface area (Å²) in [5, 5.41) is 6.09. The third kappa shape index (κ3) is 5.48. The molecule has 5 heteroatoms. The van der Waals surface area contributed by atoms with Crippen molar-refractivity contribution in [3.05, 3.63) is 0 Å². The number of hydrogen-bond acceptors (Lipinski definition) is 3. The van der Waals surface area contributed by atoms with Crippen LogP contribution in [0.5, 0.6) is 0 Å². The van der Waals surface area contributed by atoms with Crippen molar-refractivity contribution >= 4 is 16.7 Å². The van der Waals surface area contributed by atoms with Gasteiger partial charge in [-0.1, -0.05) is 13.3 Å². The van der Waals surface area contributed by atoms with Crippen LogP contribution < -0.4 is 10.6 Å². The molecule has 1 fully saturated rings. The normalized spacial score (nSPS) is 25.0. The second kappa shape index (κ2) is 8.64. The molecule has 4 nitrogen and oxygen atoms in total. The molecule has 0 aliphatic heterocycles. The average molecular weight is 274 g/mol. The number of nitrogens with one attached hydrogen (secondary N) is 2. The van der Waals surface area contributed by atoms with Gasteiger partial charge >= 0.3 is 0 Å². The quantitative estimate of drug-likeness (QED) is 0.695. The minimum atomic E-state index is -1.01. The second-order valence-corrected chi connectivity index (χ2v) is 6.58. The van der Waals surface area contributed by atoms with E-state index < -0.39 is 10.8 Å². The maximum absolute atomic E-state index is 11.7. The molecular weight excluding hydrogens is 248 g/mol. The van der Waals surface area contributed by atoms with E-state index in [-0.39, 0.29) is 11.7 Å². The van der Waals surface area contributed by atoms with E-state index in [9.17, 15) is 9.00 Å². The van der Waals surface area contributed by atoms with Gasteiger partial charge in [0.25, 0.3) is 0 Å². The maximum Gasteiger partial charge on any atom is 0.232 e. The first-order valence-electron chi connectivity index (χ1n) is 6.96. The topological polar surface area (TPSA) is 58.2 Å². The summed E-state index contributed by atoms with van der Waals surface area (Å²) in [6, 6.07) is 0.599. The number of hydrogen-bond donors (Lipinski definition) is 2. The van der Waals surface area contributed by atoms with Crippen LogP contribution in [0.3, 0.4) is 0 Å². The highest BCUT2D eigenvalue weighted by atomic mass is 32.2. The molecule has 1 amide bonds. The molecule has 0 aromatic heterocycles. The lowest BCUT2D eigenvalue weighted by molar-refractivity contribution is -0.118. The Labute approximate surface area is 113 Å². The second-order valence-electron chi connectivity index (χ2n) is 5.00. The standard InChI is InChI=1S/C13H26N2O2S/c1-3-8-15-12-6-4-5-11(12)7-9-18(17)10-13(16)14-2/h11-12,15H,3-10H2,1-2H3,(H,14,16). The molecule has 1 rings (SSSR count). The fourth-order valence-electron chi connectivity index (χ4n) is 2.55. The third-order valence-electron chi connectivity index (χ3n) is 3.60. The summed E-state index contributed by atoms with van der Waals surface area (Å²) in [6.45, 7) is 3.25. The van der Waals surface area contributed by atoms with E-state index in [0.29, 0.717) is 17.7 Å². The summed E-state index contributed by atoms with van der Waals surface area (Å²) in [5.74, 6) is 1.32. The Morgan fingerprint density at radius 1 is 1.39 bits per heavy atom. The highest BCUT2D eigenvalue weighted by Crippen LogP contribution is 2.28. The summed E-state index contributed by atoms with van der Waals surface area (Å²) < 4.78 is 11.7. The van der Waals surface area contributed by atoms with Gasteiger partial charge in [-0.05, 0) is 38.1 Å². The van der Waals surface area contributed by atoms with Crippen molar-refractivity contribution in [3.63, 3.8) is 0 Å². The highest BCUT2D eigenvalue weighted by molar-refractivity contribution is 7.85. The first-order chi connectivity index (χ1) is 8.67. The molecule has 18 heavy (non-hydrogen) atoms. The molecule has 0 heterocycles. The van der Waals surface area contributed by atoms with E-state index in [4.69, 9.17) is 0 Å². The fourth-order valence-corrected chi connectivity index (χ4v) is 3.70. The molecule has 2 N–H and O–H groups in total. The zero-order valence-corrected chi connectivity index (χ0v) is 12.4. The van der Waals surface area contributed by atoms with Crippen molar-refractivity contribution in [2.75, 3.05) is 25.1 Å². The third-order valence-corrected chi connectivity index (χ3v) is 4.88. The molecule has 1 saturated carbocycles. The molecule has 0 aromatic rings. The van der Waals surface area contributed by atoms with Crippen molar-refractivity contribution in [3.8, 4) is 0 Å². The van der Waals surface area contributed by atoms with Crippen molar-refractivity contribution < 1.29 is 9.00 Å². The van der Waals surface area contributed by atoms with Crippen molar-refractivity contribution in [1.29, 1.82) is 0 Å². The molecule has 0 radical (unpaired) electrons. The molecule has 0 saturated heterocycles. The molecule has 3 unspecified atom stereocenters. The Morgan fingerprint density at radius 3 is 2.83 bits per heavy atom. The zero-order chi connectivity index (χ0) is 13.4. The smallest absolute Gasteiger partial charge is 0.232 e. The van der Waals surface area contributed by atoms with Gasteiger partial charge in [0, 0.05) is 29.6 Å². The van der Waals surface area contributed by atoms with Crippen LogP contribution in [0, 0.1) is 5.92 Å². The van der Waals surface area contributed by atoms with Crippen molar-refractivity contribution in [2.24, 2.45) is 5.92 Å². The van der Waals surface area contributed by atoms with Crippen LogP contribution in [0.15, 0.2) is 0 Å². The van der Waals surface area contributed by atoms with Gasteiger partial charge in [-0.2, -0.15) is 0 Å². The van der Waals surface area contributed by atoms with Crippen LogP contribution in [0.2, 0.25) is 0 Å². The van der Waals surface area contributed by atoms with E-state index in [1.165, 1.54) is 19.3 Å². The molecule has 106 valence electrons. The SMILES string of the molecule is CCCNC1CCCC1CCS(=O)CC(=O)NC. The van der Waals surface area contributed by atoms with Crippen LogP contribution in [-0.4, -0.2) is 41.3 Å². The van der Waals surface area contributed by atoms with E-state index in [1.54, 1.807) is 7.05 Å². The predicted molar refractivity (Wildman–Crippen MR) is 76.0 cm³/mol. The molecule has 0 aromatic carbocycles. The maximum atomic E-state index is 11.7. The molecule has 1 aliphatic rings. The van der Waals surface area contributed by atoms with Gasteiger partial charge in [-0.25, -0.2) is 0 Å². The lowest BCUT2D eigenvalue weighted by Crippen LogP contribution is -2.34. The Bertz CT molecular complexity index is 284. The van der Waals surface area contributed by atoms with Gasteiger partial charge in [0.2, 0.25) is 5.91 Å². The van der Waals surface area contributed by atoms with Gasteiger partial charge in [-0.3, -0.25) is 9.00 Å². The molecule has 3 atom stereocenters. The van der Waals surface area contributed by atoms with Gasteiger partial charge in [0.15, 0.2) is 0 Å². The lowest BCUT2D eigenvalue weighted by Gasteiger charge is -2.20. The number of carbonyl (C=O) groups is 1. The van der Waals surface area contributed by atoms with Crippen LogP contribution in [0.1, 0.15) is 39.0 Å². The predicted octanol–water partition coefficient (Wildman–Crippen LogP) is 1.04. The Kier molecular flexibility index (Phi) is 7.51. The molecule has 1 aliphatic carbocycles. The molecule has 0 bridgehead atoms. The lowest BCUT2D eigenvalue weighted by atomic mass is 10.0. The first kappa shape index (κ1) is 15.6. The number of rotatable bonds is 8. The van der Waals surface area contributed by atoms with Gasteiger partial charge in [0.1, 0.15) is 5.75 Å². The average Bonchev–Trinajstić information content (AvgIpc) is 2.81. The van der Waals surface area contributed by atoms with Crippen molar-refractivity contribution in [1.82, 2.24) is 10.6 Å². The highest BCUT2D eigenvalue weighted by Gasteiger charge is 2.26. The van der Waals surface area contributed by atoms with Crippen molar-refractivity contribution in [2.45, 2.75) is 45.1 Å². The Morgan fingerprint density at radius 2 is 2.17 bits per heavy atom. The Hall–Kier alpha value is -0.420. The molecule has 0 spiro atoms. The zero-order valence-electron chi connectivity index (χ0n) is 11.5. The first-order valence-corrected chi connectivity index (χ1v) is 8.45. The summed E-state index contributed by atoms with van der Waals surface area (Å²) >= 11 is 0. The van der Waals surface area contributed by atoms with Crippen LogP contribution in [-0.2, 0) is 15.6 Å². The molecular formula is C13H26N2O2S.